The summed E-state index contributed by atoms with van der Waals surface area (Å²) < 4.78 is 12.5. The van der Waals surface area contributed by atoms with Crippen LogP contribution in [0.2, 0.25) is 0 Å². The van der Waals surface area contributed by atoms with E-state index in [1.165, 1.54) is 12.3 Å². The number of nitrogens with zero attached hydrogens (tertiary/aromatic N) is 1. The highest BCUT2D eigenvalue weighted by Crippen LogP contribution is 2.14. The zero-order valence-corrected chi connectivity index (χ0v) is 7.63. The fraction of sp³-hybridized carbons (Fsp3) is 0.444. The number of hydrazine groups is 1. The molecule has 0 bridgehead atoms. The highest BCUT2D eigenvalue weighted by molar-refractivity contribution is 5.09. The molecule has 1 rings (SSSR count). The maximum atomic E-state index is 12.5. The summed E-state index contributed by atoms with van der Waals surface area (Å²) in [5.74, 6) is 5.02. The van der Waals surface area contributed by atoms with E-state index in [1.807, 2.05) is 0 Å². The Labute approximate surface area is 77.1 Å². The number of hydrogen-bond donors (Lipinski definition) is 2. The zero-order chi connectivity index (χ0) is 9.68. The van der Waals surface area contributed by atoms with Crippen molar-refractivity contribution in [2.75, 3.05) is 0 Å². The number of aromatic nitrogens is 1. The van der Waals surface area contributed by atoms with E-state index in [0.29, 0.717) is 0 Å². The number of nitrogens with one attached hydrogen (secondary N) is 1. The lowest BCUT2D eigenvalue weighted by Crippen LogP contribution is -2.28. The molecule has 0 aliphatic rings. The maximum absolute atomic E-state index is 12.5. The Hall–Kier alpha value is -1.00. The molecule has 0 amide bonds. The van der Waals surface area contributed by atoms with Crippen molar-refractivity contribution in [1.82, 2.24) is 10.4 Å². The fourth-order valence-electron chi connectivity index (χ4n) is 1.20. The molecule has 13 heavy (non-hydrogen) atoms. The van der Waals surface area contributed by atoms with Crippen molar-refractivity contribution < 1.29 is 4.39 Å². The average molecular weight is 183 g/mol. The number of rotatable bonds is 4. The van der Waals surface area contributed by atoms with Crippen LogP contribution in [-0.4, -0.2) is 4.98 Å². The summed E-state index contributed by atoms with van der Waals surface area (Å²) in [5, 5.41) is 0. The highest BCUT2D eigenvalue weighted by Gasteiger charge is 2.08. The first-order valence-corrected chi connectivity index (χ1v) is 4.35. The second kappa shape index (κ2) is 4.89. The summed E-state index contributed by atoms with van der Waals surface area (Å²) in [6, 6.07) is 3.06. The van der Waals surface area contributed by atoms with Crippen molar-refractivity contribution in [3.63, 3.8) is 0 Å². The monoisotopic (exact) mass is 183 g/mol. The molecule has 0 aliphatic heterocycles. The third kappa shape index (κ3) is 2.75. The van der Waals surface area contributed by atoms with Gasteiger partial charge in [0.1, 0.15) is 5.82 Å². The van der Waals surface area contributed by atoms with E-state index in [0.717, 1.165) is 18.5 Å². The number of halogens is 1. The van der Waals surface area contributed by atoms with Crippen LogP contribution in [0.5, 0.6) is 0 Å². The van der Waals surface area contributed by atoms with Gasteiger partial charge >= 0.3 is 0 Å². The summed E-state index contributed by atoms with van der Waals surface area (Å²) in [4.78, 5) is 3.95. The lowest BCUT2D eigenvalue weighted by atomic mass is 10.1. The predicted octanol–water partition coefficient (Wildman–Crippen LogP) is 1.53. The van der Waals surface area contributed by atoms with E-state index < -0.39 is 0 Å². The molecule has 72 valence electrons. The van der Waals surface area contributed by atoms with Gasteiger partial charge in [-0.25, -0.2) is 4.39 Å². The first-order valence-electron chi connectivity index (χ1n) is 4.35. The predicted molar refractivity (Wildman–Crippen MR) is 49.2 cm³/mol. The molecule has 1 atom stereocenters. The van der Waals surface area contributed by atoms with Crippen LogP contribution in [0.15, 0.2) is 18.3 Å². The van der Waals surface area contributed by atoms with Gasteiger partial charge in [0.15, 0.2) is 0 Å². The summed E-state index contributed by atoms with van der Waals surface area (Å²) in [7, 11) is 0. The van der Waals surface area contributed by atoms with Crippen LogP contribution in [0, 0.1) is 5.82 Å². The van der Waals surface area contributed by atoms with Crippen molar-refractivity contribution in [2.45, 2.75) is 25.8 Å². The van der Waals surface area contributed by atoms with E-state index >= 15 is 0 Å². The summed E-state index contributed by atoms with van der Waals surface area (Å²) >= 11 is 0. The quantitative estimate of drug-likeness (QED) is 0.549. The molecule has 3 N–H and O–H groups in total. The number of pyridine rings is 1. The Kier molecular flexibility index (Phi) is 3.79. The van der Waals surface area contributed by atoms with Gasteiger partial charge < -0.3 is 0 Å². The number of nitrogens with two attached hydrogens (primary N) is 1. The lowest BCUT2D eigenvalue weighted by Gasteiger charge is -2.13. The topological polar surface area (TPSA) is 50.9 Å². The van der Waals surface area contributed by atoms with Crippen molar-refractivity contribution in [3.8, 4) is 0 Å². The van der Waals surface area contributed by atoms with Crippen LogP contribution >= 0.6 is 0 Å². The Morgan fingerprint density at radius 2 is 2.38 bits per heavy atom. The van der Waals surface area contributed by atoms with Gasteiger partial charge in [-0.15, -0.1) is 0 Å². The van der Waals surface area contributed by atoms with Crippen molar-refractivity contribution in [2.24, 2.45) is 5.84 Å². The van der Waals surface area contributed by atoms with E-state index in [2.05, 4.69) is 17.3 Å². The molecule has 0 radical (unpaired) electrons. The summed E-state index contributed by atoms with van der Waals surface area (Å²) in [5.41, 5.74) is 3.44. The van der Waals surface area contributed by atoms with Gasteiger partial charge in [0.05, 0.1) is 17.9 Å². The molecule has 0 spiro atoms. The Balaban J connectivity index is 2.73. The molecule has 4 heteroatoms. The van der Waals surface area contributed by atoms with Gasteiger partial charge in [-0.05, 0) is 18.6 Å². The molecule has 0 aliphatic carbocycles. The largest absolute Gasteiger partial charge is 0.271 e. The molecule has 1 aromatic rings. The smallest absolute Gasteiger partial charge is 0.141 e. The normalized spacial score (nSPS) is 12.8. The van der Waals surface area contributed by atoms with E-state index in [9.17, 15) is 4.39 Å². The molecule has 3 nitrogen and oxygen atoms in total. The molecule has 0 saturated heterocycles. The van der Waals surface area contributed by atoms with Gasteiger partial charge in [-0.1, -0.05) is 13.3 Å². The third-order valence-electron chi connectivity index (χ3n) is 1.89. The molecular formula is C9H14FN3. The molecular weight excluding hydrogens is 169 g/mol. The van der Waals surface area contributed by atoms with Crippen LogP contribution in [0.4, 0.5) is 4.39 Å². The van der Waals surface area contributed by atoms with Crippen molar-refractivity contribution in [3.05, 3.63) is 29.8 Å². The standard InChI is InChI=1S/C9H14FN3/c1-2-3-9(13-11)8-5-4-7(10)6-12-8/h4-6,9,13H,2-3,11H2,1H3. The molecule has 0 fully saturated rings. The van der Waals surface area contributed by atoms with E-state index in [-0.39, 0.29) is 11.9 Å². The minimum Gasteiger partial charge on any atom is -0.271 e. The maximum Gasteiger partial charge on any atom is 0.141 e. The molecule has 1 aromatic heterocycles. The average Bonchev–Trinajstić information content (AvgIpc) is 2.16. The van der Waals surface area contributed by atoms with Gasteiger partial charge in [0, 0.05) is 0 Å². The third-order valence-corrected chi connectivity index (χ3v) is 1.89. The van der Waals surface area contributed by atoms with Crippen LogP contribution in [0.25, 0.3) is 0 Å². The van der Waals surface area contributed by atoms with Crippen molar-refractivity contribution in [1.29, 1.82) is 0 Å². The Morgan fingerprint density at radius 3 is 2.85 bits per heavy atom. The zero-order valence-electron chi connectivity index (χ0n) is 7.63. The van der Waals surface area contributed by atoms with Crippen LogP contribution in [0.1, 0.15) is 31.5 Å². The molecule has 0 saturated carbocycles. The van der Waals surface area contributed by atoms with Gasteiger partial charge in [-0.2, -0.15) is 0 Å². The fourth-order valence-corrected chi connectivity index (χ4v) is 1.20. The SMILES string of the molecule is CCCC(NN)c1ccc(F)cn1. The van der Waals surface area contributed by atoms with Gasteiger partial charge in [0.2, 0.25) is 0 Å². The summed E-state index contributed by atoms with van der Waals surface area (Å²) in [6.45, 7) is 2.06. The van der Waals surface area contributed by atoms with Crippen LogP contribution in [0.3, 0.4) is 0 Å². The second-order valence-corrected chi connectivity index (χ2v) is 2.91. The minimum absolute atomic E-state index is 0.0191. The molecule has 1 heterocycles. The first kappa shape index (κ1) is 10.1. The van der Waals surface area contributed by atoms with Crippen LogP contribution < -0.4 is 11.3 Å². The van der Waals surface area contributed by atoms with Gasteiger partial charge in [0.25, 0.3) is 0 Å². The van der Waals surface area contributed by atoms with Gasteiger partial charge in [-0.3, -0.25) is 16.3 Å². The summed E-state index contributed by atoms with van der Waals surface area (Å²) in [6.07, 6.45) is 3.11. The van der Waals surface area contributed by atoms with Crippen molar-refractivity contribution >= 4 is 0 Å². The van der Waals surface area contributed by atoms with E-state index in [4.69, 9.17) is 5.84 Å². The Morgan fingerprint density at radius 1 is 1.62 bits per heavy atom. The van der Waals surface area contributed by atoms with Crippen LogP contribution in [-0.2, 0) is 0 Å². The molecule has 0 aromatic carbocycles. The number of hydrogen-bond acceptors (Lipinski definition) is 3. The van der Waals surface area contributed by atoms with E-state index in [1.54, 1.807) is 6.07 Å². The Bertz CT molecular complexity index is 248. The second-order valence-electron chi connectivity index (χ2n) is 2.91. The lowest BCUT2D eigenvalue weighted by molar-refractivity contribution is 0.495. The molecule has 1 unspecified atom stereocenters. The highest BCUT2D eigenvalue weighted by atomic mass is 19.1. The minimum atomic E-state index is -0.323. The first-order chi connectivity index (χ1) is 6.27.